The molecule has 0 saturated carbocycles. The third kappa shape index (κ3) is 4.69. The van der Waals surface area contributed by atoms with Crippen molar-refractivity contribution in [3.05, 3.63) is 0 Å². The van der Waals surface area contributed by atoms with Crippen LogP contribution in [0.4, 0.5) is 0 Å². The van der Waals surface area contributed by atoms with Crippen LogP contribution in [-0.2, 0) is 4.74 Å². The summed E-state index contributed by atoms with van der Waals surface area (Å²) < 4.78 is 4.88. The van der Waals surface area contributed by atoms with E-state index in [0.717, 1.165) is 0 Å². The summed E-state index contributed by atoms with van der Waals surface area (Å²) in [5.41, 5.74) is 0. The monoisotopic (exact) mass is 150 g/mol. The number of hydrogen-bond donors (Lipinski definition) is 3. The van der Waals surface area contributed by atoms with E-state index in [-0.39, 0.29) is 25.9 Å². The number of aliphatic hydroxyl groups is 3. The Morgan fingerprint density at radius 1 is 1.30 bits per heavy atom. The number of rotatable bonds is 5. The fraction of sp³-hybridized carbons (Fsp3) is 1.00. The van der Waals surface area contributed by atoms with Gasteiger partial charge in [-0.15, -0.1) is 0 Å². The summed E-state index contributed by atoms with van der Waals surface area (Å²) in [7, 11) is 0. The highest BCUT2D eigenvalue weighted by molar-refractivity contribution is 4.52. The minimum atomic E-state index is -0.839. The van der Waals surface area contributed by atoms with Crippen LogP contribution in [0.1, 0.15) is 6.92 Å². The van der Waals surface area contributed by atoms with Gasteiger partial charge in [0.2, 0.25) is 0 Å². The summed E-state index contributed by atoms with van der Waals surface area (Å²) in [6.45, 7) is 1.37. The fourth-order valence-corrected chi connectivity index (χ4v) is 0.381. The average molecular weight is 150 g/mol. The molecule has 0 aromatic rings. The molecule has 0 saturated heterocycles. The van der Waals surface area contributed by atoms with Crippen LogP contribution >= 0.6 is 0 Å². The molecule has 0 aliphatic rings. The molecule has 10 heavy (non-hydrogen) atoms. The maximum Gasteiger partial charge on any atom is 0.100 e. The predicted molar refractivity (Wildman–Crippen MR) is 35.6 cm³/mol. The topological polar surface area (TPSA) is 69.9 Å². The lowest BCUT2D eigenvalue weighted by molar-refractivity contribution is -0.0387. The smallest absolute Gasteiger partial charge is 0.100 e. The zero-order valence-corrected chi connectivity index (χ0v) is 6.03. The Hall–Kier alpha value is -0.160. The minimum Gasteiger partial charge on any atom is -0.394 e. The van der Waals surface area contributed by atoms with Gasteiger partial charge in [-0.1, -0.05) is 0 Å². The number of hydrogen-bond acceptors (Lipinski definition) is 4. The van der Waals surface area contributed by atoms with Gasteiger partial charge in [-0.2, -0.15) is 0 Å². The highest BCUT2D eigenvalue weighted by Crippen LogP contribution is 1.90. The molecule has 0 aromatic carbocycles. The first kappa shape index (κ1) is 9.84. The van der Waals surface area contributed by atoms with Gasteiger partial charge >= 0.3 is 0 Å². The Kier molecular flexibility index (Phi) is 5.52. The highest BCUT2D eigenvalue weighted by Gasteiger charge is 2.04. The van der Waals surface area contributed by atoms with Crippen LogP contribution in [0.15, 0.2) is 0 Å². The molecule has 4 nitrogen and oxygen atoms in total. The predicted octanol–water partition coefficient (Wildman–Crippen LogP) is -1.26. The summed E-state index contributed by atoms with van der Waals surface area (Å²) in [5, 5.41) is 25.5. The van der Waals surface area contributed by atoms with Crippen LogP contribution in [-0.4, -0.2) is 47.3 Å². The molecule has 2 atom stereocenters. The molecule has 0 aliphatic carbocycles. The second kappa shape index (κ2) is 5.61. The van der Waals surface area contributed by atoms with E-state index in [2.05, 4.69) is 0 Å². The van der Waals surface area contributed by atoms with Crippen molar-refractivity contribution in [1.82, 2.24) is 0 Å². The van der Waals surface area contributed by atoms with Gasteiger partial charge in [0.1, 0.15) is 6.10 Å². The molecular formula is C6H14O4. The minimum absolute atomic E-state index is 0.0677. The maximum atomic E-state index is 8.75. The van der Waals surface area contributed by atoms with Crippen molar-refractivity contribution in [1.29, 1.82) is 0 Å². The molecular weight excluding hydrogens is 136 g/mol. The Morgan fingerprint density at radius 3 is 2.30 bits per heavy atom. The van der Waals surface area contributed by atoms with Crippen molar-refractivity contribution in [3.63, 3.8) is 0 Å². The van der Waals surface area contributed by atoms with Crippen molar-refractivity contribution < 1.29 is 20.1 Å². The van der Waals surface area contributed by atoms with E-state index < -0.39 is 6.10 Å². The van der Waals surface area contributed by atoms with Gasteiger partial charge in [0.25, 0.3) is 0 Å². The molecule has 0 spiro atoms. The zero-order chi connectivity index (χ0) is 7.98. The molecule has 0 heterocycles. The van der Waals surface area contributed by atoms with Crippen LogP contribution < -0.4 is 0 Å². The van der Waals surface area contributed by atoms with Crippen LogP contribution in [0.25, 0.3) is 0 Å². The van der Waals surface area contributed by atoms with Gasteiger partial charge < -0.3 is 20.1 Å². The van der Waals surface area contributed by atoms with E-state index in [1.54, 1.807) is 6.92 Å². The first-order valence-electron chi connectivity index (χ1n) is 3.22. The maximum absolute atomic E-state index is 8.75. The third-order valence-electron chi connectivity index (χ3n) is 1.04. The van der Waals surface area contributed by atoms with Gasteiger partial charge in [0, 0.05) is 0 Å². The molecule has 4 heteroatoms. The quantitative estimate of drug-likeness (QED) is 0.457. The van der Waals surface area contributed by atoms with E-state index in [4.69, 9.17) is 20.1 Å². The second-order valence-electron chi connectivity index (χ2n) is 2.16. The Morgan fingerprint density at radius 2 is 1.90 bits per heavy atom. The van der Waals surface area contributed by atoms with Gasteiger partial charge in [0.05, 0.1) is 25.9 Å². The Labute approximate surface area is 60.1 Å². The summed E-state index contributed by atoms with van der Waals surface area (Å²) in [6.07, 6.45) is -1.12. The molecule has 0 amide bonds. The first-order chi connectivity index (χ1) is 4.70. The molecule has 2 unspecified atom stereocenters. The largest absolute Gasteiger partial charge is 0.394 e. The molecule has 0 aliphatic heterocycles. The van der Waals surface area contributed by atoms with Crippen molar-refractivity contribution in [3.8, 4) is 0 Å². The highest BCUT2D eigenvalue weighted by atomic mass is 16.5. The van der Waals surface area contributed by atoms with E-state index in [0.29, 0.717) is 0 Å². The zero-order valence-electron chi connectivity index (χ0n) is 6.03. The molecule has 0 aromatic heterocycles. The molecule has 0 radical (unpaired) electrons. The fourth-order valence-electron chi connectivity index (χ4n) is 0.381. The van der Waals surface area contributed by atoms with Gasteiger partial charge in [-0.05, 0) is 6.92 Å². The van der Waals surface area contributed by atoms with E-state index in [1.165, 1.54) is 0 Å². The summed E-state index contributed by atoms with van der Waals surface area (Å²) >= 11 is 0. The Balaban J connectivity index is 3.17. The SMILES string of the molecule is CC(CO)OCC(O)CO. The molecule has 62 valence electrons. The Bertz CT molecular complexity index is 66.1. The summed E-state index contributed by atoms with van der Waals surface area (Å²) in [5.74, 6) is 0. The number of aliphatic hydroxyl groups excluding tert-OH is 3. The first-order valence-corrected chi connectivity index (χ1v) is 3.22. The van der Waals surface area contributed by atoms with Crippen LogP contribution in [0.2, 0.25) is 0 Å². The average Bonchev–Trinajstić information content (AvgIpc) is 1.99. The normalized spacial score (nSPS) is 16.8. The molecule has 3 N–H and O–H groups in total. The number of ether oxygens (including phenoxy) is 1. The van der Waals surface area contributed by atoms with Crippen LogP contribution in [0.3, 0.4) is 0 Å². The lowest BCUT2D eigenvalue weighted by Crippen LogP contribution is -2.24. The van der Waals surface area contributed by atoms with Gasteiger partial charge in [-0.25, -0.2) is 0 Å². The van der Waals surface area contributed by atoms with Crippen LogP contribution in [0, 0.1) is 0 Å². The molecule has 0 rings (SSSR count). The molecule has 0 bridgehead atoms. The van der Waals surface area contributed by atoms with Crippen molar-refractivity contribution >= 4 is 0 Å². The lowest BCUT2D eigenvalue weighted by Gasteiger charge is -2.12. The van der Waals surface area contributed by atoms with Crippen molar-refractivity contribution in [2.24, 2.45) is 0 Å². The van der Waals surface area contributed by atoms with Gasteiger partial charge in [-0.3, -0.25) is 0 Å². The van der Waals surface area contributed by atoms with Gasteiger partial charge in [0.15, 0.2) is 0 Å². The molecule has 0 fully saturated rings. The van der Waals surface area contributed by atoms with E-state index in [1.807, 2.05) is 0 Å². The lowest BCUT2D eigenvalue weighted by atomic mass is 10.4. The van der Waals surface area contributed by atoms with Crippen molar-refractivity contribution in [2.75, 3.05) is 19.8 Å². The third-order valence-corrected chi connectivity index (χ3v) is 1.04. The van der Waals surface area contributed by atoms with E-state index >= 15 is 0 Å². The second-order valence-corrected chi connectivity index (χ2v) is 2.16. The van der Waals surface area contributed by atoms with Crippen molar-refractivity contribution in [2.45, 2.75) is 19.1 Å². The summed E-state index contributed by atoms with van der Waals surface area (Å²) in [6, 6.07) is 0. The van der Waals surface area contributed by atoms with Crippen LogP contribution in [0.5, 0.6) is 0 Å². The summed E-state index contributed by atoms with van der Waals surface area (Å²) in [4.78, 5) is 0. The standard InChI is InChI=1S/C6H14O4/c1-5(2-7)10-4-6(9)3-8/h5-9H,2-4H2,1H3. The van der Waals surface area contributed by atoms with E-state index in [9.17, 15) is 0 Å².